The van der Waals surface area contributed by atoms with Crippen molar-refractivity contribution in [1.82, 2.24) is 19.9 Å². The number of carbonyl (C=O) groups is 1. The first-order valence-electron chi connectivity index (χ1n) is 10.6. The van der Waals surface area contributed by atoms with Gasteiger partial charge in [0.1, 0.15) is 11.5 Å². The zero-order valence-electron chi connectivity index (χ0n) is 17.8. The van der Waals surface area contributed by atoms with Crippen LogP contribution >= 0.6 is 23.2 Å². The summed E-state index contributed by atoms with van der Waals surface area (Å²) in [4.78, 5) is 18.5. The number of hydrogen-bond donors (Lipinski definition) is 2. The number of aromatic nitrogens is 3. The lowest BCUT2D eigenvalue weighted by Crippen LogP contribution is -2.73. The minimum Gasteiger partial charge on any atom is -0.480 e. The number of likely N-dealkylation sites (N-methyl/N-ethyl adjacent to an activating group) is 1. The molecule has 0 amide bonds. The van der Waals surface area contributed by atoms with E-state index < -0.39 is 11.5 Å². The van der Waals surface area contributed by atoms with Crippen molar-refractivity contribution in [3.05, 3.63) is 70.8 Å². The zero-order valence-corrected chi connectivity index (χ0v) is 19.3. The number of nitrogens with one attached hydrogen (secondary N) is 1. The standard InChI is InChI=1S/C24H21Cl2N5O2/c1-2-28-24(23(32)33)13-30(14-24)19-11-12-27-22-20(15-7-9-16(25)10-8-15)21(29-31(19)22)17-5-3-4-6-18(17)26/h3-12,28H,2,13-14H2,1H3,(H,32,33). The molecule has 5 rings (SSSR count). The number of fused-ring (bicyclic) bond motifs is 1. The monoisotopic (exact) mass is 481 g/mol. The molecule has 168 valence electrons. The van der Waals surface area contributed by atoms with Gasteiger partial charge >= 0.3 is 5.97 Å². The van der Waals surface area contributed by atoms with Crippen molar-refractivity contribution in [2.75, 3.05) is 24.5 Å². The van der Waals surface area contributed by atoms with Gasteiger partial charge in [-0.15, -0.1) is 0 Å². The molecule has 2 aromatic heterocycles. The van der Waals surface area contributed by atoms with E-state index in [1.807, 2.05) is 66.4 Å². The number of hydrogen-bond acceptors (Lipinski definition) is 5. The van der Waals surface area contributed by atoms with Crippen LogP contribution < -0.4 is 10.2 Å². The van der Waals surface area contributed by atoms with Crippen molar-refractivity contribution >= 4 is 40.6 Å². The summed E-state index contributed by atoms with van der Waals surface area (Å²) in [6.45, 7) is 3.13. The largest absolute Gasteiger partial charge is 0.480 e. The van der Waals surface area contributed by atoms with E-state index in [2.05, 4.69) is 10.3 Å². The van der Waals surface area contributed by atoms with Gasteiger partial charge in [0.25, 0.3) is 0 Å². The molecule has 2 N–H and O–H groups in total. The smallest absolute Gasteiger partial charge is 0.327 e. The normalized spacial score (nSPS) is 14.9. The molecule has 1 aliphatic rings. The van der Waals surface area contributed by atoms with Crippen molar-refractivity contribution in [2.45, 2.75) is 12.5 Å². The first kappa shape index (κ1) is 21.7. The predicted octanol–water partition coefficient (Wildman–Crippen LogP) is 4.62. The van der Waals surface area contributed by atoms with Gasteiger partial charge in [-0.3, -0.25) is 10.1 Å². The van der Waals surface area contributed by atoms with E-state index in [0.29, 0.717) is 41.0 Å². The third-order valence-corrected chi connectivity index (χ3v) is 6.51. The Morgan fingerprint density at radius 3 is 2.52 bits per heavy atom. The highest BCUT2D eigenvalue weighted by Crippen LogP contribution is 2.39. The maximum absolute atomic E-state index is 11.9. The average molecular weight is 482 g/mol. The molecule has 33 heavy (non-hydrogen) atoms. The van der Waals surface area contributed by atoms with Crippen molar-refractivity contribution < 1.29 is 9.90 Å². The van der Waals surface area contributed by atoms with E-state index in [4.69, 9.17) is 28.3 Å². The van der Waals surface area contributed by atoms with Gasteiger partial charge in [-0.1, -0.05) is 60.5 Å². The van der Waals surface area contributed by atoms with Crippen LogP contribution in [-0.4, -0.2) is 50.8 Å². The van der Waals surface area contributed by atoms with Crippen LogP contribution in [0.15, 0.2) is 60.8 Å². The van der Waals surface area contributed by atoms with E-state index >= 15 is 0 Å². The van der Waals surface area contributed by atoms with Crippen LogP contribution in [0.25, 0.3) is 28.0 Å². The SMILES string of the molecule is CCNC1(C(=O)O)CN(c2ccnc3c(-c4ccc(Cl)cc4)c(-c4ccccc4Cl)nn23)C1. The van der Waals surface area contributed by atoms with E-state index in [9.17, 15) is 9.90 Å². The first-order valence-corrected chi connectivity index (χ1v) is 11.3. The summed E-state index contributed by atoms with van der Waals surface area (Å²) in [5.41, 5.74) is 2.91. The highest BCUT2D eigenvalue weighted by atomic mass is 35.5. The fourth-order valence-corrected chi connectivity index (χ4v) is 4.68. The molecule has 4 aromatic rings. The molecule has 0 bridgehead atoms. The number of nitrogens with zero attached hydrogens (tertiary/aromatic N) is 4. The van der Waals surface area contributed by atoms with Crippen molar-refractivity contribution in [1.29, 1.82) is 0 Å². The van der Waals surface area contributed by atoms with Gasteiger partial charge in [0, 0.05) is 16.8 Å². The maximum atomic E-state index is 11.9. The third-order valence-electron chi connectivity index (χ3n) is 5.93. The van der Waals surface area contributed by atoms with Gasteiger partial charge < -0.3 is 10.0 Å². The topological polar surface area (TPSA) is 82.8 Å². The van der Waals surface area contributed by atoms with Crippen LogP contribution in [0.2, 0.25) is 10.0 Å². The summed E-state index contributed by atoms with van der Waals surface area (Å²) in [5.74, 6) is -0.0896. The van der Waals surface area contributed by atoms with Crippen molar-refractivity contribution in [3.8, 4) is 22.4 Å². The molecule has 0 aliphatic carbocycles. The van der Waals surface area contributed by atoms with E-state index in [-0.39, 0.29) is 0 Å². The lowest BCUT2D eigenvalue weighted by molar-refractivity contribution is -0.146. The second kappa shape index (κ2) is 8.33. The molecule has 1 saturated heterocycles. The minimum atomic E-state index is -0.970. The molecule has 2 aromatic carbocycles. The Hall–Kier alpha value is -3.13. The Labute approximate surface area is 200 Å². The lowest BCUT2D eigenvalue weighted by atomic mass is 9.89. The fraction of sp³-hybridized carbons (Fsp3) is 0.208. The minimum absolute atomic E-state index is 0.326. The molecule has 0 spiro atoms. The van der Waals surface area contributed by atoms with Crippen LogP contribution in [0.4, 0.5) is 5.82 Å². The molecule has 9 heteroatoms. The fourth-order valence-electron chi connectivity index (χ4n) is 4.33. The number of anilines is 1. The zero-order chi connectivity index (χ0) is 23.2. The van der Waals surface area contributed by atoms with E-state index in [1.165, 1.54) is 0 Å². The lowest BCUT2D eigenvalue weighted by Gasteiger charge is -2.48. The molecule has 3 heterocycles. The number of rotatable bonds is 6. The van der Waals surface area contributed by atoms with Crippen LogP contribution in [0.1, 0.15) is 6.92 Å². The van der Waals surface area contributed by atoms with Gasteiger partial charge in [-0.2, -0.15) is 9.61 Å². The van der Waals surface area contributed by atoms with Crippen molar-refractivity contribution in [2.24, 2.45) is 0 Å². The van der Waals surface area contributed by atoms with Crippen molar-refractivity contribution in [3.63, 3.8) is 0 Å². The van der Waals surface area contributed by atoms with Gasteiger partial charge in [0.2, 0.25) is 0 Å². The van der Waals surface area contributed by atoms with Gasteiger partial charge in [-0.25, -0.2) is 4.98 Å². The Balaban J connectivity index is 1.68. The highest BCUT2D eigenvalue weighted by Gasteiger charge is 2.50. The first-order chi connectivity index (χ1) is 15.9. The summed E-state index contributed by atoms with van der Waals surface area (Å²) < 4.78 is 1.76. The predicted molar refractivity (Wildman–Crippen MR) is 130 cm³/mol. The number of carboxylic acid groups (broad SMARTS) is 1. The van der Waals surface area contributed by atoms with Crippen LogP contribution in [0, 0.1) is 0 Å². The Morgan fingerprint density at radius 2 is 1.85 bits per heavy atom. The second-order valence-corrected chi connectivity index (χ2v) is 8.87. The van der Waals surface area contributed by atoms with E-state index in [1.54, 1.807) is 10.7 Å². The van der Waals surface area contributed by atoms with Crippen LogP contribution in [0.5, 0.6) is 0 Å². The van der Waals surface area contributed by atoms with Gasteiger partial charge in [0.05, 0.1) is 23.7 Å². The molecular formula is C24H21Cl2N5O2. The Kier molecular flexibility index (Phi) is 5.48. The van der Waals surface area contributed by atoms with Crippen LogP contribution in [-0.2, 0) is 4.79 Å². The second-order valence-electron chi connectivity index (χ2n) is 8.02. The number of aliphatic carboxylic acids is 1. The van der Waals surface area contributed by atoms with Crippen LogP contribution in [0.3, 0.4) is 0 Å². The summed E-state index contributed by atoms with van der Waals surface area (Å²) in [6, 6.07) is 16.9. The molecule has 1 fully saturated rings. The summed E-state index contributed by atoms with van der Waals surface area (Å²) in [6.07, 6.45) is 1.72. The maximum Gasteiger partial charge on any atom is 0.327 e. The van der Waals surface area contributed by atoms with Gasteiger partial charge in [-0.05, 0) is 36.4 Å². The Morgan fingerprint density at radius 1 is 1.12 bits per heavy atom. The number of benzene rings is 2. The molecule has 0 unspecified atom stereocenters. The summed E-state index contributed by atoms with van der Waals surface area (Å²) in [5, 5.41) is 19.0. The summed E-state index contributed by atoms with van der Waals surface area (Å²) >= 11 is 12.7. The number of halogens is 2. The van der Waals surface area contributed by atoms with E-state index in [0.717, 1.165) is 22.5 Å². The summed E-state index contributed by atoms with van der Waals surface area (Å²) in [7, 11) is 0. The molecule has 0 radical (unpaired) electrons. The third kappa shape index (κ3) is 3.62. The highest BCUT2D eigenvalue weighted by molar-refractivity contribution is 6.33. The number of carboxylic acids is 1. The molecule has 0 saturated carbocycles. The quantitative estimate of drug-likeness (QED) is 0.417. The molecular weight excluding hydrogens is 461 g/mol. The molecule has 0 atom stereocenters. The molecule has 1 aliphatic heterocycles. The average Bonchev–Trinajstić information content (AvgIpc) is 3.16. The van der Waals surface area contributed by atoms with Gasteiger partial charge in [0.15, 0.2) is 11.2 Å². The molecule has 7 nitrogen and oxygen atoms in total. The Bertz CT molecular complexity index is 1350.